The SMILES string of the molecule is C=C(CC(C)(C)C(C)C)C(C)C. The summed E-state index contributed by atoms with van der Waals surface area (Å²) in [6.07, 6.45) is 1.16. The molecule has 0 fully saturated rings. The van der Waals surface area contributed by atoms with Gasteiger partial charge in [0.1, 0.15) is 0 Å². The summed E-state index contributed by atoms with van der Waals surface area (Å²) < 4.78 is 0. The second kappa shape index (κ2) is 4.11. The Kier molecular flexibility index (Phi) is 4.02. The van der Waals surface area contributed by atoms with Crippen LogP contribution < -0.4 is 0 Å². The van der Waals surface area contributed by atoms with Crippen LogP contribution in [0.25, 0.3) is 0 Å². The average molecular weight is 168 g/mol. The molecular weight excluding hydrogens is 144 g/mol. The second-order valence-corrected chi connectivity index (χ2v) is 5.13. The Morgan fingerprint density at radius 2 is 1.58 bits per heavy atom. The van der Waals surface area contributed by atoms with Gasteiger partial charge in [-0.25, -0.2) is 0 Å². The molecule has 0 saturated carbocycles. The lowest BCUT2D eigenvalue weighted by Gasteiger charge is -2.31. The average Bonchev–Trinajstić information content (AvgIpc) is 1.85. The Morgan fingerprint density at radius 3 is 1.83 bits per heavy atom. The lowest BCUT2D eigenvalue weighted by Crippen LogP contribution is -2.20. The highest BCUT2D eigenvalue weighted by Gasteiger charge is 2.23. The molecular formula is C12H24. The highest BCUT2D eigenvalue weighted by Crippen LogP contribution is 2.34. The quantitative estimate of drug-likeness (QED) is 0.550. The summed E-state index contributed by atoms with van der Waals surface area (Å²) in [5.74, 6) is 1.36. The Bertz CT molecular complexity index is 149. The molecule has 0 aliphatic heterocycles. The second-order valence-electron chi connectivity index (χ2n) is 5.13. The van der Waals surface area contributed by atoms with Gasteiger partial charge in [0.25, 0.3) is 0 Å². The van der Waals surface area contributed by atoms with Gasteiger partial charge in [0.2, 0.25) is 0 Å². The van der Waals surface area contributed by atoms with Crippen molar-refractivity contribution in [1.29, 1.82) is 0 Å². The first kappa shape index (κ1) is 11.7. The third kappa shape index (κ3) is 3.42. The molecule has 72 valence electrons. The van der Waals surface area contributed by atoms with Crippen molar-refractivity contribution in [2.24, 2.45) is 17.3 Å². The summed E-state index contributed by atoms with van der Waals surface area (Å²) in [4.78, 5) is 0. The van der Waals surface area contributed by atoms with Crippen LogP contribution in [-0.2, 0) is 0 Å². The van der Waals surface area contributed by atoms with E-state index in [-0.39, 0.29) is 0 Å². The normalized spacial score (nSPS) is 12.7. The molecule has 0 heteroatoms. The zero-order valence-electron chi connectivity index (χ0n) is 9.57. The van der Waals surface area contributed by atoms with Gasteiger partial charge in [-0.3, -0.25) is 0 Å². The van der Waals surface area contributed by atoms with Crippen LogP contribution in [0, 0.1) is 17.3 Å². The molecule has 12 heavy (non-hydrogen) atoms. The fourth-order valence-corrected chi connectivity index (χ4v) is 0.993. The molecule has 0 saturated heterocycles. The van der Waals surface area contributed by atoms with E-state index in [0.717, 1.165) is 12.3 Å². The Labute approximate surface area is 78.1 Å². The van der Waals surface area contributed by atoms with Crippen LogP contribution in [0.1, 0.15) is 48.0 Å². The molecule has 0 atom stereocenters. The van der Waals surface area contributed by atoms with E-state index in [1.807, 2.05) is 0 Å². The van der Waals surface area contributed by atoms with E-state index in [9.17, 15) is 0 Å². The minimum absolute atomic E-state index is 0.404. The highest BCUT2D eigenvalue weighted by atomic mass is 14.3. The largest absolute Gasteiger partial charge is 0.0996 e. The molecule has 0 nitrogen and oxygen atoms in total. The van der Waals surface area contributed by atoms with Crippen LogP contribution in [0.2, 0.25) is 0 Å². The molecule has 0 N–H and O–H groups in total. The first-order valence-corrected chi connectivity index (χ1v) is 4.95. The first-order valence-electron chi connectivity index (χ1n) is 4.95. The number of hydrogen-bond donors (Lipinski definition) is 0. The molecule has 0 aromatic carbocycles. The lowest BCUT2D eigenvalue weighted by molar-refractivity contribution is 0.242. The maximum absolute atomic E-state index is 4.12. The van der Waals surface area contributed by atoms with Gasteiger partial charge < -0.3 is 0 Å². The minimum atomic E-state index is 0.404. The van der Waals surface area contributed by atoms with Gasteiger partial charge >= 0.3 is 0 Å². The fraction of sp³-hybridized carbons (Fsp3) is 0.833. The summed E-state index contributed by atoms with van der Waals surface area (Å²) in [7, 11) is 0. The molecule has 0 radical (unpaired) electrons. The fourth-order valence-electron chi connectivity index (χ4n) is 0.993. The molecule has 0 rings (SSSR count). The van der Waals surface area contributed by atoms with Crippen LogP contribution >= 0.6 is 0 Å². The van der Waals surface area contributed by atoms with E-state index >= 15 is 0 Å². The molecule has 0 unspecified atom stereocenters. The van der Waals surface area contributed by atoms with E-state index < -0.39 is 0 Å². The van der Waals surface area contributed by atoms with Gasteiger partial charge in [0, 0.05) is 0 Å². The third-order valence-electron chi connectivity index (χ3n) is 3.06. The van der Waals surface area contributed by atoms with Gasteiger partial charge in [-0.05, 0) is 23.7 Å². The van der Waals surface area contributed by atoms with Crippen LogP contribution in [0.4, 0.5) is 0 Å². The van der Waals surface area contributed by atoms with E-state index in [0.29, 0.717) is 11.3 Å². The van der Waals surface area contributed by atoms with Gasteiger partial charge in [0.05, 0.1) is 0 Å². The standard InChI is InChI=1S/C12H24/c1-9(2)11(5)8-12(6,7)10(3)4/h9-10H,5,8H2,1-4,6-7H3. The van der Waals surface area contributed by atoms with Crippen molar-refractivity contribution in [3.8, 4) is 0 Å². The van der Waals surface area contributed by atoms with Crippen molar-refractivity contribution in [2.45, 2.75) is 48.0 Å². The van der Waals surface area contributed by atoms with Gasteiger partial charge in [-0.2, -0.15) is 0 Å². The molecule has 0 heterocycles. The van der Waals surface area contributed by atoms with Crippen molar-refractivity contribution in [2.75, 3.05) is 0 Å². The van der Waals surface area contributed by atoms with Gasteiger partial charge in [-0.15, -0.1) is 0 Å². The topological polar surface area (TPSA) is 0 Å². The van der Waals surface area contributed by atoms with Crippen molar-refractivity contribution in [3.05, 3.63) is 12.2 Å². The summed E-state index contributed by atoms with van der Waals surface area (Å²) in [6.45, 7) is 17.8. The maximum atomic E-state index is 4.12. The number of hydrogen-bond acceptors (Lipinski definition) is 0. The van der Waals surface area contributed by atoms with Gasteiger partial charge in [-0.1, -0.05) is 53.7 Å². The summed E-state index contributed by atoms with van der Waals surface area (Å²) in [6, 6.07) is 0. The molecule has 0 aromatic heterocycles. The molecule has 0 spiro atoms. The van der Waals surface area contributed by atoms with Gasteiger partial charge in [0.15, 0.2) is 0 Å². The van der Waals surface area contributed by atoms with Crippen LogP contribution in [0.15, 0.2) is 12.2 Å². The van der Waals surface area contributed by atoms with Crippen molar-refractivity contribution >= 4 is 0 Å². The predicted octanol–water partition coefficient (Wildman–Crippen LogP) is 4.27. The van der Waals surface area contributed by atoms with Crippen molar-refractivity contribution in [1.82, 2.24) is 0 Å². The summed E-state index contributed by atoms with van der Waals surface area (Å²) >= 11 is 0. The summed E-state index contributed by atoms with van der Waals surface area (Å²) in [5.41, 5.74) is 1.79. The zero-order valence-corrected chi connectivity index (χ0v) is 9.57. The van der Waals surface area contributed by atoms with Crippen molar-refractivity contribution in [3.63, 3.8) is 0 Å². The van der Waals surface area contributed by atoms with E-state index in [1.54, 1.807) is 0 Å². The first-order chi connectivity index (χ1) is 5.27. The number of rotatable bonds is 4. The Balaban J connectivity index is 4.15. The van der Waals surface area contributed by atoms with Crippen LogP contribution in [-0.4, -0.2) is 0 Å². The Morgan fingerprint density at radius 1 is 1.17 bits per heavy atom. The summed E-state index contributed by atoms with van der Waals surface area (Å²) in [5, 5.41) is 0. The van der Waals surface area contributed by atoms with Crippen LogP contribution in [0.5, 0.6) is 0 Å². The molecule has 0 aliphatic rings. The zero-order chi connectivity index (χ0) is 9.94. The molecule has 0 aliphatic carbocycles. The molecule has 0 bridgehead atoms. The van der Waals surface area contributed by atoms with E-state index in [1.165, 1.54) is 5.57 Å². The molecule has 0 amide bonds. The highest BCUT2D eigenvalue weighted by molar-refractivity contribution is 5.01. The minimum Gasteiger partial charge on any atom is -0.0996 e. The Hall–Kier alpha value is -0.260. The predicted molar refractivity (Wildman–Crippen MR) is 57.2 cm³/mol. The van der Waals surface area contributed by atoms with E-state index in [4.69, 9.17) is 0 Å². The third-order valence-corrected chi connectivity index (χ3v) is 3.06. The maximum Gasteiger partial charge on any atom is -0.0263 e. The lowest BCUT2D eigenvalue weighted by atomic mass is 9.75. The molecule has 0 aromatic rings. The smallest absolute Gasteiger partial charge is 0.0263 e. The van der Waals surface area contributed by atoms with Crippen molar-refractivity contribution < 1.29 is 0 Å². The number of allylic oxidation sites excluding steroid dienone is 1. The van der Waals surface area contributed by atoms with E-state index in [2.05, 4.69) is 48.1 Å². The monoisotopic (exact) mass is 168 g/mol. The van der Waals surface area contributed by atoms with Crippen LogP contribution in [0.3, 0.4) is 0 Å².